The Hall–Kier alpha value is -1.14. The molecule has 0 atom stereocenters. The second-order valence-corrected chi connectivity index (χ2v) is 7.03. The second-order valence-electron chi connectivity index (χ2n) is 5.14. The van der Waals surface area contributed by atoms with Crippen molar-refractivity contribution in [3.8, 4) is 0 Å². The Labute approximate surface area is 106 Å². The van der Waals surface area contributed by atoms with Gasteiger partial charge in [0.1, 0.15) is 0 Å². The molecule has 0 bridgehead atoms. The smallest absolute Gasteiger partial charge is 0.247 e. The monoisotopic (exact) mass is 268 g/mol. The van der Waals surface area contributed by atoms with Crippen LogP contribution in [0.15, 0.2) is 28.0 Å². The van der Waals surface area contributed by atoms with Gasteiger partial charge in [0.15, 0.2) is 0 Å². The zero-order chi connectivity index (χ0) is 12.8. The number of H-pyrrole nitrogens is 1. The number of nitrogens with zero attached hydrogens (tertiary/aromatic N) is 1. The summed E-state index contributed by atoms with van der Waals surface area (Å²) in [6.45, 7) is 0.631. The van der Waals surface area contributed by atoms with Gasteiger partial charge in [0.2, 0.25) is 15.6 Å². The number of nitrogens with one attached hydrogen (secondary N) is 1. The summed E-state index contributed by atoms with van der Waals surface area (Å²) in [5.74, 6) is 0.531. The quantitative estimate of drug-likeness (QED) is 0.864. The van der Waals surface area contributed by atoms with Crippen molar-refractivity contribution in [1.82, 2.24) is 9.29 Å². The summed E-state index contributed by atoms with van der Waals surface area (Å²) in [6, 6.07) is 2.81. The molecule has 0 spiro atoms. The van der Waals surface area contributed by atoms with E-state index >= 15 is 0 Å². The molecule has 3 rings (SSSR count). The van der Waals surface area contributed by atoms with E-state index in [9.17, 15) is 13.2 Å². The summed E-state index contributed by atoms with van der Waals surface area (Å²) in [4.78, 5) is 13.6. The van der Waals surface area contributed by atoms with E-state index in [1.54, 1.807) is 4.31 Å². The first-order valence-corrected chi connectivity index (χ1v) is 7.72. The van der Waals surface area contributed by atoms with Crippen LogP contribution in [0.5, 0.6) is 0 Å². The number of pyridine rings is 1. The van der Waals surface area contributed by atoms with Gasteiger partial charge in [-0.15, -0.1) is 0 Å². The van der Waals surface area contributed by atoms with E-state index in [2.05, 4.69) is 4.98 Å². The van der Waals surface area contributed by atoms with E-state index < -0.39 is 10.0 Å². The van der Waals surface area contributed by atoms with Gasteiger partial charge < -0.3 is 4.98 Å². The maximum absolute atomic E-state index is 12.5. The van der Waals surface area contributed by atoms with Gasteiger partial charge in [0.05, 0.1) is 4.90 Å². The van der Waals surface area contributed by atoms with Crippen molar-refractivity contribution in [3.63, 3.8) is 0 Å². The maximum Gasteiger partial charge on any atom is 0.247 e. The minimum atomic E-state index is -3.45. The summed E-state index contributed by atoms with van der Waals surface area (Å²) in [6.07, 6.45) is 5.46. The minimum Gasteiger partial charge on any atom is -0.328 e. The predicted octanol–water partition coefficient (Wildman–Crippen LogP) is 0.938. The van der Waals surface area contributed by atoms with Crippen LogP contribution >= 0.6 is 0 Å². The van der Waals surface area contributed by atoms with Gasteiger partial charge in [-0.05, 0) is 37.7 Å². The van der Waals surface area contributed by atoms with Crippen LogP contribution in [0, 0.1) is 5.92 Å². The fourth-order valence-electron chi connectivity index (χ4n) is 2.05. The fraction of sp³-hybridized carbons (Fsp3) is 0.583. The highest BCUT2D eigenvalue weighted by molar-refractivity contribution is 7.89. The van der Waals surface area contributed by atoms with Gasteiger partial charge in [-0.25, -0.2) is 8.42 Å². The lowest BCUT2D eigenvalue weighted by atomic mass is 10.4. The molecule has 5 nitrogen and oxygen atoms in total. The third-order valence-electron chi connectivity index (χ3n) is 3.45. The van der Waals surface area contributed by atoms with Crippen LogP contribution in [0.4, 0.5) is 0 Å². The SMILES string of the molecule is O=c1ccc(S(=O)(=O)N(CC2CC2)C2CC2)c[nH]1. The van der Waals surface area contributed by atoms with Crippen molar-refractivity contribution < 1.29 is 8.42 Å². The Morgan fingerprint density at radius 2 is 1.94 bits per heavy atom. The molecule has 0 radical (unpaired) electrons. The first-order valence-electron chi connectivity index (χ1n) is 6.28. The molecule has 18 heavy (non-hydrogen) atoms. The van der Waals surface area contributed by atoms with E-state index in [-0.39, 0.29) is 16.5 Å². The average Bonchev–Trinajstić information content (AvgIpc) is 3.19. The standard InChI is InChI=1S/C12H16N2O3S/c15-12-6-5-11(7-13-12)18(16,17)14(10-3-4-10)8-9-1-2-9/h5-7,9-10H,1-4,8H2,(H,13,15). The summed E-state index contributed by atoms with van der Waals surface area (Å²) in [7, 11) is -3.45. The van der Waals surface area contributed by atoms with Crippen molar-refractivity contribution in [3.05, 3.63) is 28.7 Å². The van der Waals surface area contributed by atoms with Crippen LogP contribution in [0.1, 0.15) is 25.7 Å². The summed E-state index contributed by atoms with van der Waals surface area (Å²) in [5.41, 5.74) is -0.283. The van der Waals surface area contributed by atoms with Crippen LogP contribution in [-0.4, -0.2) is 30.3 Å². The number of rotatable bonds is 5. The molecular formula is C12H16N2O3S. The minimum absolute atomic E-state index is 0.169. The Bertz CT molecular complexity index is 579. The largest absolute Gasteiger partial charge is 0.328 e. The zero-order valence-electron chi connectivity index (χ0n) is 10.0. The Balaban J connectivity index is 1.90. The summed E-state index contributed by atoms with van der Waals surface area (Å²) >= 11 is 0. The van der Waals surface area contributed by atoms with E-state index in [0.717, 1.165) is 25.7 Å². The third-order valence-corrected chi connectivity index (χ3v) is 5.37. The third kappa shape index (κ3) is 2.35. The van der Waals surface area contributed by atoms with Gasteiger partial charge in [-0.2, -0.15) is 4.31 Å². The number of hydrogen-bond acceptors (Lipinski definition) is 3. The van der Waals surface area contributed by atoms with Crippen LogP contribution < -0.4 is 5.56 Å². The molecule has 98 valence electrons. The molecule has 0 unspecified atom stereocenters. The fourth-order valence-corrected chi connectivity index (χ4v) is 3.78. The molecule has 2 saturated carbocycles. The van der Waals surface area contributed by atoms with Crippen molar-refractivity contribution in [2.75, 3.05) is 6.54 Å². The molecule has 1 N–H and O–H groups in total. The molecular weight excluding hydrogens is 252 g/mol. The predicted molar refractivity (Wildman–Crippen MR) is 66.7 cm³/mol. The lowest BCUT2D eigenvalue weighted by Gasteiger charge is -2.21. The van der Waals surface area contributed by atoms with Gasteiger partial charge in [0, 0.05) is 24.8 Å². The van der Waals surface area contributed by atoms with Crippen molar-refractivity contribution in [2.45, 2.75) is 36.6 Å². The van der Waals surface area contributed by atoms with Gasteiger partial charge in [-0.1, -0.05) is 0 Å². The molecule has 0 aromatic carbocycles. The molecule has 2 fully saturated rings. The van der Waals surface area contributed by atoms with Crippen molar-refractivity contribution in [2.24, 2.45) is 5.92 Å². The highest BCUT2D eigenvalue weighted by Crippen LogP contribution is 2.37. The average molecular weight is 268 g/mol. The zero-order valence-corrected chi connectivity index (χ0v) is 10.8. The van der Waals surface area contributed by atoms with Crippen molar-refractivity contribution in [1.29, 1.82) is 0 Å². The first kappa shape index (κ1) is 11.9. The number of aromatic nitrogens is 1. The Morgan fingerprint density at radius 1 is 1.22 bits per heavy atom. The van der Waals surface area contributed by atoms with Gasteiger partial charge in [0.25, 0.3) is 0 Å². The summed E-state index contributed by atoms with van der Waals surface area (Å²) in [5, 5.41) is 0. The van der Waals surface area contributed by atoms with E-state index in [0.29, 0.717) is 12.5 Å². The topological polar surface area (TPSA) is 70.2 Å². The number of hydrogen-bond donors (Lipinski definition) is 1. The second kappa shape index (κ2) is 4.20. The van der Waals surface area contributed by atoms with E-state index in [1.807, 2.05) is 0 Å². The molecule has 6 heteroatoms. The molecule has 2 aliphatic carbocycles. The van der Waals surface area contributed by atoms with Crippen LogP contribution in [0.2, 0.25) is 0 Å². The molecule has 0 aliphatic heterocycles. The lowest BCUT2D eigenvalue weighted by Crippen LogP contribution is -2.35. The van der Waals surface area contributed by atoms with E-state index in [4.69, 9.17) is 0 Å². The molecule has 2 aliphatic rings. The van der Waals surface area contributed by atoms with Crippen LogP contribution in [0.3, 0.4) is 0 Å². The number of sulfonamides is 1. The van der Waals surface area contributed by atoms with E-state index in [1.165, 1.54) is 18.3 Å². The molecule has 1 aromatic rings. The number of aromatic amines is 1. The lowest BCUT2D eigenvalue weighted by molar-refractivity contribution is 0.388. The Morgan fingerprint density at radius 3 is 2.44 bits per heavy atom. The highest BCUT2D eigenvalue weighted by Gasteiger charge is 2.41. The van der Waals surface area contributed by atoms with Gasteiger partial charge >= 0.3 is 0 Å². The van der Waals surface area contributed by atoms with Crippen LogP contribution in [-0.2, 0) is 10.0 Å². The molecule has 1 heterocycles. The maximum atomic E-state index is 12.5. The molecule has 0 amide bonds. The normalized spacial score (nSPS) is 20.3. The van der Waals surface area contributed by atoms with Crippen molar-refractivity contribution >= 4 is 10.0 Å². The summed E-state index contributed by atoms with van der Waals surface area (Å²) < 4.78 is 26.6. The molecule has 1 aromatic heterocycles. The van der Waals surface area contributed by atoms with Crippen LogP contribution in [0.25, 0.3) is 0 Å². The first-order chi connectivity index (χ1) is 8.57. The molecule has 0 saturated heterocycles. The highest BCUT2D eigenvalue weighted by atomic mass is 32.2. The Kier molecular flexibility index (Phi) is 2.79. The van der Waals surface area contributed by atoms with Gasteiger partial charge in [-0.3, -0.25) is 4.79 Å².